The maximum Gasteiger partial charge on any atom is 0.307 e. The molecule has 1 unspecified atom stereocenters. The van der Waals surface area contributed by atoms with Crippen LogP contribution in [0.25, 0.3) is 27.8 Å². The molecule has 2 aromatic heterocycles. The Hall–Kier alpha value is -4.31. The number of sulfone groups is 1. The number of nitrogens with one attached hydrogen (secondary N) is 1. The molecule has 2 heterocycles. The van der Waals surface area contributed by atoms with Gasteiger partial charge in [-0.25, -0.2) is 13.4 Å². The summed E-state index contributed by atoms with van der Waals surface area (Å²) in [5.74, 6) is -1.93. The van der Waals surface area contributed by atoms with Crippen molar-refractivity contribution in [3.05, 3.63) is 94.4 Å². The lowest BCUT2D eigenvalue weighted by Crippen LogP contribution is -2.33. The fourth-order valence-corrected chi connectivity index (χ4v) is 5.03. The number of pyridine rings is 2. The number of carboxylic acid groups (broad SMARTS) is 1. The third-order valence-electron chi connectivity index (χ3n) is 6.67. The number of hydrogen-bond acceptors (Lipinski definition) is 6. The van der Waals surface area contributed by atoms with Crippen LogP contribution in [0.5, 0.6) is 0 Å². The van der Waals surface area contributed by atoms with E-state index in [0.717, 1.165) is 22.9 Å². The highest BCUT2D eigenvalue weighted by molar-refractivity contribution is 7.90. The van der Waals surface area contributed by atoms with Crippen LogP contribution >= 0.6 is 0 Å². The van der Waals surface area contributed by atoms with Crippen molar-refractivity contribution in [2.45, 2.75) is 12.3 Å². The van der Waals surface area contributed by atoms with E-state index in [4.69, 9.17) is 0 Å². The molecule has 5 rings (SSSR count). The molecule has 2 aromatic carbocycles. The van der Waals surface area contributed by atoms with E-state index in [1.54, 1.807) is 22.9 Å². The highest BCUT2D eigenvalue weighted by Crippen LogP contribution is 2.47. The molecule has 0 spiro atoms. The molecule has 1 fully saturated rings. The summed E-state index contributed by atoms with van der Waals surface area (Å²) in [7, 11) is -3.27. The number of carbonyl (C=O) groups is 2. The fraction of sp³-hybridized carbons (Fsp3) is 0.214. The molecule has 4 aromatic rings. The van der Waals surface area contributed by atoms with E-state index >= 15 is 0 Å². The zero-order valence-electron chi connectivity index (χ0n) is 20.5. The topological polar surface area (TPSA) is 135 Å². The van der Waals surface area contributed by atoms with Crippen LogP contribution in [-0.2, 0) is 14.6 Å². The fourth-order valence-electron chi connectivity index (χ4n) is 4.56. The van der Waals surface area contributed by atoms with Gasteiger partial charge in [-0.15, -0.1) is 0 Å². The molecule has 1 saturated carbocycles. The lowest BCUT2D eigenvalue weighted by Gasteiger charge is -2.14. The lowest BCUT2D eigenvalue weighted by molar-refractivity contribution is -0.138. The van der Waals surface area contributed by atoms with Gasteiger partial charge in [-0.2, -0.15) is 0 Å². The van der Waals surface area contributed by atoms with Crippen molar-refractivity contribution in [2.24, 2.45) is 5.92 Å². The maximum absolute atomic E-state index is 13.1. The predicted molar refractivity (Wildman–Crippen MR) is 143 cm³/mol. The second-order valence-electron chi connectivity index (χ2n) is 9.46. The Labute approximate surface area is 218 Å². The van der Waals surface area contributed by atoms with Crippen molar-refractivity contribution in [3.63, 3.8) is 0 Å². The minimum absolute atomic E-state index is 0.0495. The number of hydrogen-bond donors (Lipinski definition) is 2. The highest BCUT2D eigenvalue weighted by Gasteiger charge is 2.44. The van der Waals surface area contributed by atoms with Gasteiger partial charge < -0.3 is 15.0 Å². The number of aliphatic carboxylic acids is 1. The molecule has 9 nitrogen and oxygen atoms in total. The number of carbonyl (C=O) groups excluding carboxylic acids is 1. The average Bonchev–Trinajstić information content (AvgIpc) is 3.70. The lowest BCUT2D eigenvalue weighted by atomic mass is 10.0. The molecule has 10 heteroatoms. The van der Waals surface area contributed by atoms with Crippen molar-refractivity contribution in [3.8, 4) is 16.8 Å². The minimum Gasteiger partial charge on any atom is -0.481 e. The van der Waals surface area contributed by atoms with Crippen LogP contribution in [0.2, 0.25) is 0 Å². The Morgan fingerprint density at radius 1 is 1.08 bits per heavy atom. The molecule has 38 heavy (non-hydrogen) atoms. The Morgan fingerprint density at radius 3 is 2.53 bits per heavy atom. The molecule has 1 aliphatic rings. The van der Waals surface area contributed by atoms with Gasteiger partial charge in [0.1, 0.15) is 21.0 Å². The van der Waals surface area contributed by atoms with Crippen molar-refractivity contribution < 1.29 is 23.1 Å². The zero-order valence-corrected chi connectivity index (χ0v) is 21.3. The van der Waals surface area contributed by atoms with Crippen LogP contribution in [0.15, 0.2) is 77.9 Å². The van der Waals surface area contributed by atoms with E-state index in [1.165, 1.54) is 6.20 Å². The van der Waals surface area contributed by atoms with E-state index in [0.29, 0.717) is 17.8 Å². The number of amides is 1. The molecule has 194 valence electrons. The van der Waals surface area contributed by atoms with Gasteiger partial charge in [0.2, 0.25) is 5.43 Å². The van der Waals surface area contributed by atoms with Gasteiger partial charge in [0.25, 0.3) is 5.91 Å². The van der Waals surface area contributed by atoms with Gasteiger partial charge in [0.05, 0.1) is 17.1 Å². The van der Waals surface area contributed by atoms with Gasteiger partial charge in [0.15, 0.2) is 0 Å². The number of rotatable bonds is 8. The Morgan fingerprint density at radius 2 is 1.84 bits per heavy atom. The molecular weight excluding hydrogens is 506 g/mol. The molecule has 2 atom stereocenters. The summed E-state index contributed by atoms with van der Waals surface area (Å²) in [6.07, 6.45) is 4.72. The third kappa shape index (κ3) is 5.21. The van der Waals surface area contributed by atoms with Gasteiger partial charge in [-0.05, 0) is 53.3 Å². The summed E-state index contributed by atoms with van der Waals surface area (Å²) >= 11 is 0. The van der Waals surface area contributed by atoms with Gasteiger partial charge in [0, 0.05) is 30.9 Å². The number of fused-ring (bicyclic) bond motifs is 1. The van der Waals surface area contributed by atoms with Crippen molar-refractivity contribution in [1.29, 1.82) is 0 Å². The van der Waals surface area contributed by atoms with Gasteiger partial charge >= 0.3 is 5.97 Å². The van der Waals surface area contributed by atoms with Crippen LogP contribution < -0.4 is 10.7 Å². The van der Waals surface area contributed by atoms with Crippen LogP contribution in [0, 0.1) is 5.92 Å². The monoisotopic (exact) mass is 531 g/mol. The van der Waals surface area contributed by atoms with E-state index in [9.17, 15) is 27.9 Å². The number of aromatic nitrogens is 2. The first-order valence-electron chi connectivity index (χ1n) is 12.0. The molecule has 1 aliphatic carbocycles. The molecule has 1 amide bonds. The second kappa shape index (κ2) is 9.86. The van der Waals surface area contributed by atoms with Gasteiger partial charge in [-0.1, -0.05) is 36.4 Å². The molecule has 2 N–H and O–H groups in total. The summed E-state index contributed by atoms with van der Waals surface area (Å²) in [6, 6.07) is 18.6. The van der Waals surface area contributed by atoms with E-state index in [-0.39, 0.29) is 35.1 Å². The van der Waals surface area contributed by atoms with Crippen molar-refractivity contribution >= 4 is 32.7 Å². The average molecular weight is 532 g/mol. The van der Waals surface area contributed by atoms with E-state index < -0.39 is 27.1 Å². The molecule has 0 saturated heterocycles. The summed E-state index contributed by atoms with van der Waals surface area (Å²) in [5, 5.41) is 12.0. The minimum atomic E-state index is -3.27. The van der Waals surface area contributed by atoms with Crippen LogP contribution in [-0.4, -0.2) is 53.5 Å². The normalized spacial score (nSPS) is 16.8. The van der Waals surface area contributed by atoms with Crippen LogP contribution in [0.3, 0.4) is 0 Å². The Balaban J connectivity index is 1.50. The number of carboxylic acids is 1. The first-order chi connectivity index (χ1) is 18.1. The van der Waals surface area contributed by atoms with Crippen LogP contribution in [0.1, 0.15) is 28.3 Å². The van der Waals surface area contributed by atoms with Crippen LogP contribution in [0.4, 0.5) is 0 Å². The number of nitrogens with zero attached hydrogens (tertiary/aromatic N) is 2. The van der Waals surface area contributed by atoms with Gasteiger partial charge in [-0.3, -0.25) is 14.4 Å². The highest BCUT2D eigenvalue weighted by atomic mass is 32.2. The molecule has 0 aliphatic heterocycles. The SMILES string of the molecule is CS(=O)(=O)CCNC(=O)c1cn(-c2cccc(-c3ccc(C4C[C@H]4C(=O)O)cc3)c2)c2ncccc2c1=O. The summed E-state index contributed by atoms with van der Waals surface area (Å²) in [6.45, 7) is -0.109. The van der Waals surface area contributed by atoms with E-state index in [2.05, 4.69) is 10.3 Å². The maximum atomic E-state index is 13.1. The largest absolute Gasteiger partial charge is 0.481 e. The zero-order chi connectivity index (χ0) is 27.0. The smallest absolute Gasteiger partial charge is 0.307 e. The molecule has 0 radical (unpaired) electrons. The number of benzene rings is 2. The van der Waals surface area contributed by atoms with Crippen molar-refractivity contribution in [1.82, 2.24) is 14.9 Å². The molecule has 0 bridgehead atoms. The summed E-state index contributed by atoms with van der Waals surface area (Å²) in [4.78, 5) is 41.5. The first kappa shape index (κ1) is 25.3. The summed E-state index contributed by atoms with van der Waals surface area (Å²) < 4.78 is 24.5. The second-order valence-corrected chi connectivity index (χ2v) is 11.7. The van der Waals surface area contributed by atoms with E-state index in [1.807, 2.05) is 48.5 Å². The summed E-state index contributed by atoms with van der Waals surface area (Å²) in [5.41, 5.74) is 3.26. The van der Waals surface area contributed by atoms with Crippen molar-refractivity contribution in [2.75, 3.05) is 18.6 Å². The Bertz CT molecular complexity index is 1730. The Kier molecular flexibility index (Phi) is 6.58. The standard InChI is InChI=1S/C28H25N3O6S/c1-38(36,37)13-12-30-27(33)24-16-31(26-21(25(24)32)6-3-11-29-26)20-5-2-4-19(14-20)17-7-9-18(10-8-17)22-15-23(22)28(34)35/h2-11,14,16,22-23H,12-13,15H2,1H3,(H,30,33)(H,34,35)/t22?,23-/m1/s1. The predicted octanol–water partition coefficient (Wildman–Crippen LogP) is 3.02. The molecular formula is C28H25N3O6S. The first-order valence-corrected chi connectivity index (χ1v) is 14.1. The quantitative estimate of drug-likeness (QED) is 0.357. The third-order valence-corrected chi connectivity index (χ3v) is 7.62.